The number of rotatable bonds is 6. The van der Waals surface area contributed by atoms with Crippen LogP contribution in [0.5, 0.6) is 11.5 Å². The maximum atomic E-state index is 12.8. The lowest BCUT2D eigenvalue weighted by Gasteiger charge is -2.14. The molecule has 1 saturated heterocycles. The lowest BCUT2D eigenvalue weighted by molar-refractivity contribution is -0.117. The molecule has 1 fully saturated rings. The Morgan fingerprint density at radius 3 is 2.57 bits per heavy atom. The van der Waals surface area contributed by atoms with Crippen LogP contribution in [0.3, 0.4) is 0 Å². The lowest BCUT2D eigenvalue weighted by atomic mass is 10.1. The number of carbonyl (C=O) groups is 2. The van der Waals surface area contributed by atoms with Crippen molar-refractivity contribution in [2.24, 2.45) is 0 Å². The first-order chi connectivity index (χ1) is 13.4. The number of carbonyl (C=O) groups excluding carboxylic acids is 2. The van der Waals surface area contributed by atoms with E-state index in [2.05, 4.69) is 21.4 Å². The molecule has 28 heavy (non-hydrogen) atoms. The third kappa shape index (κ3) is 4.15. The monoisotopic (exact) mass is 464 g/mol. The number of hydrazine groups is 1. The molecule has 2 aromatic carbocycles. The maximum absolute atomic E-state index is 12.8. The summed E-state index contributed by atoms with van der Waals surface area (Å²) in [5.74, 6) is -0.0523. The standard InChI is InChI=1S/C20H18BrClN2O4/c1-3-27-17-10-12(9-16(22)18(17)28-4-2)8-15-19(25)23-24(20(15)26)14-7-5-6-13(21)11-14/h5-11H,3-4H2,1-2H3,(H,23,25)/b15-8+. The molecule has 0 atom stereocenters. The van der Waals surface area contributed by atoms with Crippen molar-refractivity contribution in [1.29, 1.82) is 0 Å². The summed E-state index contributed by atoms with van der Waals surface area (Å²) in [6, 6.07) is 10.4. The molecule has 0 aromatic heterocycles. The van der Waals surface area contributed by atoms with E-state index in [9.17, 15) is 9.59 Å². The normalized spacial score (nSPS) is 15.1. The van der Waals surface area contributed by atoms with E-state index in [1.54, 1.807) is 30.3 Å². The molecule has 2 aromatic rings. The van der Waals surface area contributed by atoms with Crippen molar-refractivity contribution in [3.8, 4) is 11.5 Å². The van der Waals surface area contributed by atoms with Crippen LogP contribution in [0.25, 0.3) is 6.08 Å². The van der Waals surface area contributed by atoms with Gasteiger partial charge in [-0.05, 0) is 55.8 Å². The molecule has 2 amide bonds. The summed E-state index contributed by atoms with van der Waals surface area (Å²) < 4.78 is 11.9. The van der Waals surface area contributed by atoms with Crippen molar-refractivity contribution in [3.63, 3.8) is 0 Å². The summed E-state index contributed by atoms with van der Waals surface area (Å²) in [4.78, 5) is 25.1. The first-order valence-corrected chi connectivity index (χ1v) is 9.83. The zero-order valence-corrected chi connectivity index (χ0v) is 17.6. The Labute approximate surface area is 176 Å². The van der Waals surface area contributed by atoms with Crippen molar-refractivity contribution < 1.29 is 19.1 Å². The van der Waals surface area contributed by atoms with Crippen LogP contribution in [0.2, 0.25) is 5.02 Å². The minimum atomic E-state index is -0.493. The number of amides is 2. The van der Waals surface area contributed by atoms with Gasteiger partial charge in [-0.3, -0.25) is 15.0 Å². The van der Waals surface area contributed by atoms with Gasteiger partial charge in [0.25, 0.3) is 11.8 Å². The van der Waals surface area contributed by atoms with E-state index in [1.165, 1.54) is 11.1 Å². The molecule has 146 valence electrons. The topological polar surface area (TPSA) is 67.9 Å². The van der Waals surface area contributed by atoms with Gasteiger partial charge >= 0.3 is 0 Å². The van der Waals surface area contributed by atoms with Crippen LogP contribution in [0.15, 0.2) is 46.4 Å². The Morgan fingerprint density at radius 2 is 1.89 bits per heavy atom. The first kappa shape index (κ1) is 20.2. The Hall–Kier alpha value is -2.51. The molecule has 0 spiro atoms. The average Bonchev–Trinajstić information content (AvgIpc) is 2.93. The van der Waals surface area contributed by atoms with Gasteiger partial charge in [-0.2, -0.15) is 0 Å². The van der Waals surface area contributed by atoms with Crippen molar-refractivity contribution in [1.82, 2.24) is 5.43 Å². The third-order valence-corrected chi connectivity index (χ3v) is 4.66. The van der Waals surface area contributed by atoms with Gasteiger partial charge in [0.1, 0.15) is 5.57 Å². The van der Waals surface area contributed by atoms with Crippen molar-refractivity contribution in [3.05, 3.63) is 57.0 Å². The molecule has 1 N–H and O–H groups in total. The van der Waals surface area contributed by atoms with Gasteiger partial charge in [0.15, 0.2) is 11.5 Å². The van der Waals surface area contributed by atoms with Crippen LogP contribution in [0, 0.1) is 0 Å². The predicted molar refractivity (Wildman–Crippen MR) is 112 cm³/mol. The number of hydrogen-bond donors (Lipinski definition) is 1. The Bertz CT molecular complexity index is 961. The van der Waals surface area contributed by atoms with E-state index in [-0.39, 0.29) is 5.57 Å². The summed E-state index contributed by atoms with van der Waals surface area (Å²) in [5.41, 5.74) is 3.69. The number of anilines is 1. The second-order valence-corrected chi connectivity index (χ2v) is 7.14. The molecule has 0 radical (unpaired) electrons. The minimum Gasteiger partial charge on any atom is -0.490 e. The zero-order chi connectivity index (χ0) is 20.3. The smallest absolute Gasteiger partial charge is 0.282 e. The van der Waals surface area contributed by atoms with E-state index >= 15 is 0 Å². The van der Waals surface area contributed by atoms with Crippen molar-refractivity contribution in [2.45, 2.75) is 13.8 Å². The third-order valence-electron chi connectivity index (χ3n) is 3.89. The molecule has 1 aliphatic rings. The molecule has 0 unspecified atom stereocenters. The molecule has 0 saturated carbocycles. The number of benzene rings is 2. The van der Waals surface area contributed by atoms with Gasteiger partial charge in [0, 0.05) is 4.47 Å². The van der Waals surface area contributed by atoms with Gasteiger partial charge in [-0.25, -0.2) is 5.01 Å². The Morgan fingerprint density at radius 1 is 1.14 bits per heavy atom. The van der Waals surface area contributed by atoms with Gasteiger partial charge in [-0.1, -0.05) is 33.6 Å². The van der Waals surface area contributed by atoms with Gasteiger partial charge < -0.3 is 9.47 Å². The van der Waals surface area contributed by atoms with E-state index in [4.69, 9.17) is 21.1 Å². The SMILES string of the molecule is CCOc1cc(/C=C2\C(=O)NN(c3cccc(Br)c3)C2=O)cc(Cl)c1OCC. The fraction of sp³-hybridized carbons (Fsp3) is 0.200. The molecule has 1 heterocycles. The number of halogens is 2. The fourth-order valence-electron chi connectivity index (χ4n) is 2.74. The fourth-order valence-corrected chi connectivity index (χ4v) is 3.40. The maximum Gasteiger partial charge on any atom is 0.282 e. The minimum absolute atomic E-state index is 0.00245. The Balaban J connectivity index is 1.96. The molecule has 0 bridgehead atoms. The number of hydrogen-bond acceptors (Lipinski definition) is 4. The summed E-state index contributed by atoms with van der Waals surface area (Å²) in [5, 5.41) is 1.55. The van der Waals surface area contributed by atoms with E-state index in [1.807, 2.05) is 19.9 Å². The van der Waals surface area contributed by atoms with Crippen LogP contribution >= 0.6 is 27.5 Å². The summed E-state index contributed by atoms with van der Waals surface area (Å²) >= 11 is 9.67. The lowest BCUT2D eigenvalue weighted by Crippen LogP contribution is -2.35. The molecule has 0 aliphatic carbocycles. The van der Waals surface area contributed by atoms with E-state index in [0.29, 0.717) is 41.0 Å². The van der Waals surface area contributed by atoms with Crippen LogP contribution in [-0.4, -0.2) is 25.0 Å². The highest BCUT2D eigenvalue weighted by molar-refractivity contribution is 9.10. The quantitative estimate of drug-likeness (QED) is 0.508. The molecule has 6 nitrogen and oxygen atoms in total. The van der Waals surface area contributed by atoms with E-state index < -0.39 is 11.8 Å². The van der Waals surface area contributed by atoms with Crippen LogP contribution in [0.4, 0.5) is 5.69 Å². The van der Waals surface area contributed by atoms with Crippen LogP contribution in [-0.2, 0) is 9.59 Å². The van der Waals surface area contributed by atoms with E-state index in [0.717, 1.165) is 4.47 Å². The van der Waals surface area contributed by atoms with Gasteiger partial charge in [-0.15, -0.1) is 0 Å². The predicted octanol–water partition coefficient (Wildman–Crippen LogP) is 4.36. The molecular formula is C20H18BrClN2O4. The molecule has 8 heteroatoms. The summed E-state index contributed by atoms with van der Waals surface area (Å²) in [6.45, 7) is 4.55. The van der Waals surface area contributed by atoms with Gasteiger partial charge in [0.2, 0.25) is 0 Å². The number of ether oxygens (including phenoxy) is 2. The summed E-state index contributed by atoms with van der Waals surface area (Å²) in [7, 11) is 0. The molecular weight excluding hydrogens is 448 g/mol. The largest absolute Gasteiger partial charge is 0.490 e. The van der Waals surface area contributed by atoms with Crippen molar-refractivity contribution in [2.75, 3.05) is 18.2 Å². The highest BCUT2D eigenvalue weighted by Gasteiger charge is 2.34. The molecule has 3 rings (SSSR count). The highest BCUT2D eigenvalue weighted by atomic mass is 79.9. The molecule has 1 aliphatic heterocycles. The van der Waals surface area contributed by atoms with Crippen molar-refractivity contribution >= 4 is 51.1 Å². The van der Waals surface area contributed by atoms with Crippen LogP contribution < -0.4 is 19.9 Å². The summed E-state index contributed by atoms with van der Waals surface area (Å²) in [6.07, 6.45) is 1.49. The zero-order valence-electron chi connectivity index (χ0n) is 15.3. The number of nitrogens with one attached hydrogen (secondary N) is 1. The van der Waals surface area contributed by atoms with Gasteiger partial charge in [0.05, 0.1) is 23.9 Å². The van der Waals surface area contributed by atoms with Crippen LogP contribution in [0.1, 0.15) is 19.4 Å². The highest BCUT2D eigenvalue weighted by Crippen LogP contribution is 2.37. The Kier molecular flexibility index (Phi) is 6.26. The average molecular weight is 466 g/mol. The number of nitrogens with zero attached hydrogens (tertiary/aromatic N) is 1. The first-order valence-electron chi connectivity index (χ1n) is 8.66. The second kappa shape index (κ2) is 8.67. The second-order valence-electron chi connectivity index (χ2n) is 5.82.